The fourth-order valence-corrected chi connectivity index (χ4v) is 5.04. The van der Waals surface area contributed by atoms with E-state index in [1.165, 1.54) is 43.9 Å². The number of sulfonamides is 1. The Bertz CT molecular complexity index is 1040. The summed E-state index contributed by atoms with van der Waals surface area (Å²) in [6.07, 6.45) is 0. The standard InChI is InChI=1S/C20H20N2O3S3/c1-22(2)28(24,25)17-9-7-16(8-10-17)20(23)21-18-5-3-4-6-19(18)27-14-15-11-12-26-13-15/h3-13H,14H2,1-2H3,(H,21,23). The zero-order valence-electron chi connectivity index (χ0n) is 15.5. The van der Waals surface area contributed by atoms with Gasteiger partial charge in [-0.3, -0.25) is 4.79 Å². The summed E-state index contributed by atoms with van der Waals surface area (Å²) in [5.74, 6) is 0.547. The Morgan fingerprint density at radius 3 is 2.43 bits per heavy atom. The average molecular weight is 433 g/mol. The zero-order valence-corrected chi connectivity index (χ0v) is 17.9. The topological polar surface area (TPSA) is 66.5 Å². The summed E-state index contributed by atoms with van der Waals surface area (Å²) in [4.78, 5) is 13.7. The van der Waals surface area contributed by atoms with Gasteiger partial charge in [-0.05, 0) is 58.8 Å². The van der Waals surface area contributed by atoms with Crippen molar-refractivity contribution >= 4 is 44.7 Å². The van der Waals surface area contributed by atoms with Gasteiger partial charge in [-0.2, -0.15) is 11.3 Å². The molecule has 0 spiro atoms. The molecule has 0 atom stereocenters. The van der Waals surface area contributed by atoms with Gasteiger partial charge in [0, 0.05) is 30.3 Å². The highest BCUT2D eigenvalue weighted by atomic mass is 32.2. The normalized spacial score (nSPS) is 11.5. The van der Waals surface area contributed by atoms with Gasteiger partial charge in [-0.15, -0.1) is 11.8 Å². The minimum Gasteiger partial charge on any atom is -0.321 e. The van der Waals surface area contributed by atoms with Crippen molar-refractivity contribution in [3.05, 3.63) is 76.5 Å². The van der Waals surface area contributed by atoms with Crippen molar-refractivity contribution in [1.29, 1.82) is 0 Å². The van der Waals surface area contributed by atoms with Crippen LogP contribution < -0.4 is 5.32 Å². The molecule has 0 aliphatic rings. The summed E-state index contributed by atoms with van der Waals surface area (Å²) in [6, 6.07) is 15.7. The minimum atomic E-state index is -3.51. The third-order valence-electron chi connectivity index (χ3n) is 4.00. The maximum Gasteiger partial charge on any atom is 0.255 e. The van der Waals surface area contributed by atoms with Crippen molar-refractivity contribution in [3.8, 4) is 0 Å². The number of carbonyl (C=O) groups excluding carboxylic acids is 1. The van der Waals surface area contributed by atoms with E-state index in [-0.39, 0.29) is 10.8 Å². The number of hydrogen-bond acceptors (Lipinski definition) is 5. The van der Waals surface area contributed by atoms with E-state index >= 15 is 0 Å². The molecule has 0 bridgehead atoms. The molecule has 2 aromatic carbocycles. The molecule has 0 fully saturated rings. The fraction of sp³-hybridized carbons (Fsp3) is 0.150. The molecule has 0 aliphatic heterocycles. The molecule has 0 aliphatic carbocycles. The number of nitrogens with zero attached hydrogens (tertiary/aromatic N) is 1. The molecular weight excluding hydrogens is 412 g/mol. The van der Waals surface area contributed by atoms with Crippen molar-refractivity contribution in [3.63, 3.8) is 0 Å². The quantitative estimate of drug-likeness (QED) is 0.557. The van der Waals surface area contributed by atoms with Crippen LogP contribution in [0.2, 0.25) is 0 Å². The number of rotatable bonds is 7. The van der Waals surface area contributed by atoms with Gasteiger partial charge in [-0.1, -0.05) is 12.1 Å². The number of thiophene rings is 1. The fourth-order valence-electron chi connectivity index (χ4n) is 2.42. The zero-order chi connectivity index (χ0) is 20.1. The SMILES string of the molecule is CN(C)S(=O)(=O)c1ccc(C(=O)Nc2ccccc2SCc2ccsc2)cc1. The molecule has 28 heavy (non-hydrogen) atoms. The highest BCUT2D eigenvalue weighted by Crippen LogP contribution is 2.30. The summed E-state index contributed by atoms with van der Waals surface area (Å²) >= 11 is 3.32. The monoisotopic (exact) mass is 432 g/mol. The van der Waals surface area contributed by atoms with E-state index in [9.17, 15) is 13.2 Å². The number of benzene rings is 2. The van der Waals surface area contributed by atoms with Crippen LogP contribution in [0.5, 0.6) is 0 Å². The van der Waals surface area contributed by atoms with E-state index < -0.39 is 10.0 Å². The number of carbonyl (C=O) groups is 1. The van der Waals surface area contributed by atoms with Crippen molar-refractivity contribution in [2.45, 2.75) is 15.5 Å². The summed E-state index contributed by atoms with van der Waals surface area (Å²) in [7, 11) is -0.569. The van der Waals surface area contributed by atoms with Crippen LogP contribution in [0.4, 0.5) is 5.69 Å². The lowest BCUT2D eigenvalue weighted by atomic mass is 10.2. The second kappa shape index (κ2) is 8.91. The molecule has 0 radical (unpaired) electrons. The van der Waals surface area contributed by atoms with E-state index in [1.807, 2.05) is 29.6 Å². The van der Waals surface area contributed by atoms with E-state index in [0.29, 0.717) is 5.56 Å². The summed E-state index contributed by atoms with van der Waals surface area (Å²) < 4.78 is 25.4. The van der Waals surface area contributed by atoms with Gasteiger partial charge >= 0.3 is 0 Å². The third-order valence-corrected chi connectivity index (χ3v) is 7.71. The summed E-state index contributed by atoms with van der Waals surface area (Å²) in [5.41, 5.74) is 2.38. The predicted octanol–water partition coefficient (Wildman–Crippen LogP) is 4.54. The number of hydrogen-bond donors (Lipinski definition) is 1. The number of amides is 1. The van der Waals surface area contributed by atoms with Crippen molar-refractivity contribution in [2.24, 2.45) is 0 Å². The maximum absolute atomic E-state index is 12.6. The molecule has 3 aromatic rings. The summed E-state index contributed by atoms with van der Waals surface area (Å²) in [5, 5.41) is 7.07. The first-order valence-corrected chi connectivity index (χ1v) is 11.8. The Balaban J connectivity index is 1.73. The van der Waals surface area contributed by atoms with Gasteiger partial charge in [0.2, 0.25) is 10.0 Å². The first kappa shape index (κ1) is 20.6. The molecule has 1 aromatic heterocycles. The molecule has 146 valence electrons. The van der Waals surface area contributed by atoms with E-state index in [4.69, 9.17) is 0 Å². The van der Waals surface area contributed by atoms with Crippen LogP contribution in [0.3, 0.4) is 0 Å². The molecule has 3 rings (SSSR count). The lowest BCUT2D eigenvalue weighted by Gasteiger charge is -2.12. The highest BCUT2D eigenvalue weighted by molar-refractivity contribution is 7.98. The van der Waals surface area contributed by atoms with Gasteiger partial charge in [0.25, 0.3) is 5.91 Å². The molecule has 1 N–H and O–H groups in total. The smallest absolute Gasteiger partial charge is 0.255 e. The van der Waals surface area contributed by atoms with Crippen LogP contribution in [0.1, 0.15) is 15.9 Å². The van der Waals surface area contributed by atoms with E-state index in [1.54, 1.807) is 23.1 Å². The molecule has 5 nitrogen and oxygen atoms in total. The Labute approximate surface area is 173 Å². The third kappa shape index (κ3) is 4.82. The van der Waals surface area contributed by atoms with Crippen LogP contribution in [0.15, 0.2) is 75.1 Å². The first-order chi connectivity index (χ1) is 13.4. The number of thioether (sulfide) groups is 1. The molecule has 0 saturated carbocycles. The van der Waals surface area contributed by atoms with E-state index in [2.05, 4.69) is 16.8 Å². The Hall–Kier alpha value is -2.13. The van der Waals surface area contributed by atoms with Crippen LogP contribution in [-0.2, 0) is 15.8 Å². The summed E-state index contributed by atoms with van der Waals surface area (Å²) in [6.45, 7) is 0. The lowest BCUT2D eigenvalue weighted by molar-refractivity contribution is 0.102. The van der Waals surface area contributed by atoms with Gasteiger partial charge in [0.15, 0.2) is 0 Å². The molecule has 1 heterocycles. The molecular formula is C20H20N2O3S3. The van der Waals surface area contributed by atoms with Gasteiger partial charge in [0.05, 0.1) is 10.6 Å². The Kier molecular flexibility index (Phi) is 6.56. The molecule has 0 unspecified atom stereocenters. The lowest BCUT2D eigenvalue weighted by Crippen LogP contribution is -2.22. The molecule has 0 saturated heterocycles. The number of anilines is 1. The van der Waals surface area contributed by atoms with Crippen LogP contribution in [0, 0.1) is 0 Å². The highest BCUT2D eigenvalue weighted by Gasteiger charge is 2.18. The molecule has 8 heteroatoms. The Morgan fingerprint density at radius 1 is 1.07 bits per heavy atom. The van der Waals surface area contributed by atoms with Crippen LogP contribution in [-0.4, -0.2) is 32.7 Å². The second-order valence-corrected chi connectivity index (χ2v) is 10.1. The number of nitrogens with one attached hydrogen (secondary N) is 1. The van der Waals surface area contributed by atoms with Gasteiger partial charge in [0.1, 0.15) is 0 Å². The van der Waals surface area contributed by atoms with Crippen molar-refractivity contribution in [1.82, 2.24) is 4.31 Å². The van der Waals surface area contributed by atoms with Crippen molar-refractivity contribution < 1.29 is 13.2 Å². The van der Waals surface area contributed by atoms with Crippen molar-refractivity contribution in [2.75, 3.05) is 19.4 Å². The van der Waals surface area contributed by atoms with Gasteiger partial charge in [-0.25, -0.2) is 12.7 Å². The molecule has 1 amide bonds. The maximum atomic E-state index is 12.6. The van der Waals surface area contributed by atoms with Crippen LogP contribution >= 0.6 is 23.1 Å². The average Bonchev–Trinajstić information content (AvgIpc) is 3.21. The minimum absolute atomic E-state index is 0.153. The van der Waals surface area contributed by atoms with Gasteiger partial charge < -0.3 is 5.32 Å². The number of para-hydroxylation sites is 1. The van der Waals surface area contributed by atoms with E-state index in [0.717, 1.165) is 20.6 Å². The Morgan fingerprint density at radius 2 is 1.79 bits per heavy atom. The first-order valence-electron chi connectivity index (χ1n) is 8.45. The van der Waals surface area contributed by atoms with Crippen LogP contribution in [0.25, 0.3) is 0 Å². The second-order valence-electron chi connectivity index (χ2n) is 6.18. The largest absolute Gasteiger partial charge is 0.321 e. The predicted molar refractivity (Wildman–Crippen MR) is 116 cm³/mol.